The molecule has 6 nitrogen and oxygen atoms in total. The normalized spacial score (nSPS) is 13.1. The minimum atomic E-state index is -1.30. The number of carbonyl (C=O) groups excluding carboxylic acids is 1. The molecule has 0 saturated heterocycles. The van der Waals surface area contributed by atoms with Gasteiger partial charge < -0.3 is 15.0 Å². The maximum Gasteiger partial charge on any atom is 0.338 e. The van der Waals surface area contributed by atoms with Crippen LogP contribution in [0.25, 0.3) is 0 Å². The summed E-state index contributed by atoms with van der Waals surface area (Å²) < 4.78 is 16.1. The molecule has 2 rings (SSSR count). The molecule has 2 atom stereocenters. The molecule has 8 heteroatoms. The van der Waals surface area contributed by atoms with Gasteiger partial charge in [-0.15, -0.1) is 0 Å². The van der Waals surface area contributed by atoms with E-state index in [0.29, 0.717) is 18.7 Å². The molecule has 0 radical (unpaired) electrons. The zero-order chi connectivity index (χ0) is 22.3. The van der Waals surface area contributed by atoms with Crippen molar-refractivity contribution in [2.24, 2.45) is 5.92 Å². The van der Waals surface area contributed by atoms with Crippen molar-refractivity contribution in [3.8, 4) is 0 Å². The molecule has 0 aliphatic rings. The molecular weight excluding hydrogens is 405 g/mol. The third-order valence-electron chi connectivity index (χ3n) is 5.27. The van der Waals surface area contributed by atoms with Crippen LogP contribution < -0.4 is 5.32 Å². The number of nitrogens with zero attached hydrogens (tertiary/aromatic N) is 2. The van der Waals surface area contributed by atoms with Crippen LogP contribution in [0.1, 0.15) is 67.5 Å². The van der Waals surface area contributed by atoms with Gasteiger partial charge in [-0.05, 0) is 30.0 Å². The number of benzene rings is 1. The van der Waals surface area contributed by atoms with Crippen LogP contribution in [0.3, 0.4) is 0 Å². The zero-order valence-electron chi connectivity index (χ0n) is 17.7. The van der Waals surface area contributed by atoms with E-state index in [1.54, 1.807) is 12.3 Å². The zero-order valence-corrected chi connectivity index (χ0v) is 18.6. The average Bonchev–Trinajstić information content (AvgIpc) is 3.10. The summed E-state index contributed by atoms with van der Waals surface area (Å²) in [6.45, 7) is 6.73. The quantitative estimate of drug-likeness (QED) is 0.465. The summed E-state index contributed by atoms with van der Waals surface area (Å²) >= 11 is 4.42. The topological polar surface area (TPSA) is 84.2 Å². The first-order chi connectivity index (χ1) is 14.3. The number of aromatic carboxylic acids is 1. The van der Waals surface area contributed by atoms with Crippen molar-refractivity contribution in [2.45, 2.75) is 64.8 Å². The predicted molar refractivity (Wildman–Crippen MR) is 117 cm³/mol. The Bertz CT molecular complexity index is 885. The number of carboxylic acids is 1. The summed E-state index contributed by atoms with van der Waals surface area (Å²) in [5.74, 6) is -1.18. The number of aromatic nitrogens is 2. The van der Waals surface area contributed by atoms with Gasteiger partial charge in [0.05, 0.1) is 29.2 Å². The van der Waals surface area contributed by atoms with Gasteiger partial charge in [-0.2, -0.15) is 12.6 Å². The Labute approximate surface area is 182 Å². The molecule has 1 aromatic heterocycles. The van der Waals surface area contributed by atoms with Crippen LogP contribution in [-0.4, -0.2) is 31.8 Å². The monoisotopic (exact) mass is 435 g/mol. The second-order valence-corrected chi connectivity index (χ2v) is 8.08. The second kappa shape index (κ2) is 11.2. The summed E-state index contributed by atoms with van der Waals surface area (Å²) in [7, 11) is 0. The highest BCUT2D eigenvalue weighted by molar-refractivity contribution is 7.81. The Morgan fingerprint density at radius 3 is 2.67 bits per heavy atom. The second-order valence-electron chi connectivity index (χ2n) is 7.52. The van der Waals surface area contributed by atoms with Crippen LogP contribution in [0.5, 0.6) is 0 Å². The van der Waals surface area contributed by atoms with Crippen molar-refractivity contribution >= 4 is 24.5 Å². The largest absolute Gasteiger partial charge is 0.478 e. The van der Waals surface area contributed by atoms with Gasteiger partial charge in [-0.25, -0.2) is 14.2 Å². The number of rotatable bonds is 11. The fourth-order valence-corrected chi connectivity index (χ4v) is 3.40. The van der Waals surface area contributed by atoms with Gasteiger partial charge in [0.1, 0.15) is 11.6 Å². The molecule has 0 fully saturated rings. The number of carboxylic acid groups (broad SMARTS) is 1. The number of unbranched alkanes of at least 4 members (excludes halogenated alkanes) is 1. The van der Waals surface area contributed by atoms with Crippen molar-refractivity contribution in [1.29, 1.82) is 0 Å². The van der Waals surface area contributed by atoms with Crippen molar-refractivity contribution < 1.29 is 19.1 Å². The van der Waals surface area contributed by atoms with E-state index < -0.39 is 11.8 Å². The van der Waals surface area contributed by atoms with Crippen LogP contribution in [-0.2, 0) is 24.3 Å². The van der Waals surface area contributed by atoms with E-state index in [-0.39, 0.29) is 22.6 Å². The first-order valence-corrected chi connectivity index (χ1v) is 10.8. The summed E-state index contributed by atoms with van der Waals surface area (Å²) in [5.41, 5.74) is 1.09. The van der Waals surface area contributed by atoms with E-state index in [4.69, 9.17) is 5.11 Å². The smallest absolute Gasteiger partial charge is 0.338 e. The van der Waals surface area contributed by atoms with Gasteiger partial charge >= 0.3 is 5.97 Å². The third kappa shape index (κ3) is 6.08. The lowest BCUT2D eigenvalue weighted by Crippen LogP contribution is -2.35. The van der Waals surface area contributed by atoms with Crippen LogP contribution in [0.4, 0.5) is 4.39 Å². The molecule has 2 aromatic rings. The number of hydrogen-bond acceptors (Lipinski definition) is 4. The fourth-order valence-electron chi connectivity index (χ4n) is 3.10. The van der Waals surface area contributed by atoms with E-state index in [1.165, 1.54) is 12.1 Å². The highest BCUT2D eigenvalue weighted by atomic mass is 32.1. The summed E-state index contributed by atoms with van der Waals surface area (Å²) in [6.07, 6.45) is 5.32. The highest BCUT2D eigenvalue weighted by Crippen LogP contribution is 2.17. The lowest BCUT2D eigenvalue weighted by molar-refractivity contribution is -0.121. The maximum atomic E-state index is 14.1. The molecule has 1 amide bonds. The molecule has 1 aromatic carbocycles. The number of amides is 1. The summed E-state index contributed by atoms with van der Waals surface area (Å²) in [5, 5.41) is 11.6. The van der Waals surface area contributed by atoms with Crippen LogP contribution >= 0.6 is 12.6 Å². The van der Waals surface area contributed by atoms with Gasteiger partial charge in [0.25, 0.3) is 0 Å². The van der Waals surface area contributed by atoms with Crippen molar-refractivity contribution in [3.63, 3.8) is 0 Å². The van der Waals surface area contributed by atoms with Gasteiger partial charge in [-0.3, -0.25) is 4.79 Å². The van der Waals surface area contributed by atoms with Crippen LogP contribution in [0.2, 0.25) is 0 Å². The highest BCUT2D eigenvalue weighted by Gasteiger charge is 2.20. The minimum Gasteiger partial charge on any atom is -0.478 e. The van der Waals surface area contributed by atoms with Crippen molar-refractivity contribution in [1.82, 2.24) is 14.9 Å². The van der Waals surface area contributed by atoms with Gasteiger partial charge in [0, 0.05) is 13.0 Å². The first kappa shape index (κ1) is 23.9. The van der Waals surface area contributed by atoms with Gasteiger partial charge in [-0.1, -0.05) is 39.7 Å². The number of carbonyl (C=O) groups is 2. The first-order valence-electron chi connectivity index (χ1n) is 10.3. The number of hydrogen-bond donors (Lipinski definition) is 3. The molecule has 0 bridgehead atoms. The Morgan fingerprint density at radius 1 is 1.33 bits per heavy atom. The Kier molecular flexibility index (Phi) is 8.89. The van der Waals surface area contributed by atoms with E-state index in [0.717, 1.165) is 37.2 Å². The van der Waals surface area contributed by atoms with E-state index in [1.807, 2.05) is 18.4 Å². The SMILES string of the molecule is CCCCc1ncc(CNC(=O)C(S)C(C)CC)n1Cc1ccc(C(=O)O)c(F)c1. The molecule has 0 spiro atoms. The molecule has 30 heavy (non-hydrogen) atoms. The number of imidazole rings is 1. The number of thiol groups is 1. The van der Waals surface area contributed by atoms with Gasteiger partial charge in [0.15, 0.2) is 0 Å². The third-order valence-corrected chi connectivity index (χ3v) is 6.02. The lowest BCUT2D eigenvalue weighted by Gasteiger charge is -2.18. The predicted octanol–water partition coefficient (Wildman–Crippen LogP) is 4.07. The summed E-state index contributed by atoms with van der Waals surface area (Å²) in [6, 6.07) is 4.11. The molecular formula is C22H30FN3O3S. The Hall–Kier alpha value is -2.35. The molecule has 0 aliphatic carbocycles. The molecule has 0 saturated carbocycles. The standard InChI is InChI=1S/C22H30FN3O3S/c1-4-6-7-19-24-11-16(12-25-21(27)20(30)14(3)5-2)26(19)13-15-8-9-17(22(28)29)18(23)10-15/h8-11,14,20,30H,4-7,12-13H2,1-3H3,(H,25,27)(H,28,29). The van der Waals surface area contributed by atoms with E-state index in [2.05, 4.69) is 29.9 Å². The van der Waals surface area contributed by atoms with E-state index >= 15 is 0 Å². The fraction of sp³-hybridized carbons (Fsp3) is 0.500. The Balaban J connectivity index is 2.22. The lowest BCUT2D eigenvalue weighted by atomic mass is 10.0. The molecule has 164 valence electrons. The minimum absolute atomic E-state index is 0.132. The van der Waals surface area contributed by atoms with Crippen LogP contribution in [0, 0.1) is 11.7 Å². The summed E-state index contributed by atoms with van der Waals surface area (Å²) in [4.78, 5) is 27.9. The molecule has 2 N–H and O–H groups in total. The number of aryl methyl sites for hydroxylation is 1. The average molecular weight is 436 g/mol. The van der Waals surface area contributed by atoms with Gasteiger partial charge in [0.2, 0.25) is 5.91 Å². The van der Waals surface area contributed by atoms with Crippen LogP contribution in [0.15, 0.2) is 24.4 Å². The molecule has 1 heterocycles. The molecule has 2 unspecified atom stereocenters. The number of halogens is 1. The van der Waals surface area contributed by atoms with Crippen molar-refractivity contribution in [3.05, 3.63) is 52.9 Å². The van der Waals surface area contributed by atoms with E-state index in [9.17, 15) is 14.0 Å². The Morgan fingerprint density at radius 2 is 2.07 bits per heavy atom. The van der Waals surface area contributed by atoms with Crippen molar-refractivity contribution in [2.75, 3.05) is 0 Å². The number of nitrogens with one attached hydrogen (secondary N) is 1. The molecule has 0 aliphatic heterocycles. The maximum absolute atomic E-state index is 14.1.